The molecule has 1 amide bonds. The number of hydrogen-bond donors (Lipinski definition) is 0. The van der Waals surface area contributed by atoms with Crippen molar-refractivity contribution in [2.75, 3.05) is 66.5 Å². The van der Waals surface area contributed by atoms with Crippen LogP contribution in [0.4, 0.5) is 0 Å². The molecular formula is C32H38N6O. The summed E-state index contributed by atoms with van der Waals surface area (Å²) in [5.41, 5.74) is 6.25. The SMILES string of the molecule is CN1CCCN(Cc2ccc(-c3ccc(C(=O)N4CCCN(C)CC4)cc3-c3ccncc3)c(C#N)c2)CC1. The molecule has 7 heteroatoms. The summed E-state index contributed by atoms with van der Waals surface area (Å²) < 4.78 is 0. The van der Waals surface area contributed by atoms with Gasteiger partial charge in [-0.3, -0.25) is 14.7 Å². The molecule has 0 aliphatic carbocycles. The second kappa shape index (κ2) is 12.5. The lowest BCUT2D eigenvalue weighted by Crippen LogP contribution is -2.34. The molecule has 3 aromatic rings. The van der Waals surface area contributed by atoms with Gasteiger partial charge in [-0.25, -0.2) is 0 Å². The average molecular weight is 523 g/mol. The Kier molecular flexibility index (Phi) is 8.67. The van der Waals surface area contributed by atoms with Crippen molar-refractivity contribution in [3.63, 3.8) is 0 Å². The summed E-state index contributed by atoms with van der Waals surface area (Å²) in [4.78, 5) is 26.8. The van der Waals surface area contributed by atoms with E-state index in [4.69, 9.17) is 0 Å². The third kappa shape index (κ3) is 6.54. The monoisotopic (exact) mass is 522 g/mol. The van der Waals surface area contributed by atoms with Gasteiger partial charge < -0.3 is 14.7 Å². The molecule has 0 radical (unpaired) electrons. The summed E-state index contributed by atoms with van der Waals surface area (Å²) in [6, 6.07) is 18.5. The summed E-state index contributed by atoms with van der Waals surface area (Å²) in [6.07, 6.45) is 5.67. The Morgan fingerprint density at radius 2 is 1.51 bits per heavy atom. The molecule has 5 rings (SSSR count). The van der Waals surface area contributed by atoms with Gasteiger partial charge in [0.2, 0.25) is 0 Å². The standard InChI is InChI=1S/C32H38N6O/c1-35-13-3-15-37(19-17-35)24-25-5-7-29(28(21-25)23-33)30-8-6-27(22-31(30)26-9-11-34-12-10-26)32(39)38-16-4-14-36(2)18-20-38/h5-12,21-22H,3-4,13-20,24H2,1-2H3. The normalized spacial score (nSPS) is 17.8. The number of pyridine rings is 1. The minimum absolute atomic E-state index is 0.0612. The fraction of sp³-hybridized carbons (Fsp3) is 0.406. The molecule has 0 N–H and O–H groups in total. The van der Waals surface area contributed by atoms with Gasteiger partial charge in [-0.2, -0.15) is 5.26 Å². The van der Waals surface area contributed by atoms with Crippen molar-refractivity contribution in [1.29, 1.82) is 5.26 Å². The van der Waals surface area contributed by atoms with E-state index in [-0.39, 0.29) is 5.91 Å². The van der Waals surface area contributed by atoms with E-state index in [0.29, 0.717) is 11.1 Å². The highest BCUT2D eigenvalue weighted by atomic mass is 16.2. The maximum atomic E-state index is 13.5. The zero-order chi connectivity index (χ0) is 27.2. The molecule has 0 atom stereocenters. The average Bonchev–Trinajstić information content (AvgIpc) is 3.32. The Morgan fingerprint density at radius 3 is 2.28 bits per heavy atom. The van der Waals surface area contributed by atoms with Crippen molar-refractivity contribution in [2.24, 2.45) is 0 Å². The van der Waals surface area contributed by atoms with Crippen LogP contribution < -0.4 is 0 Å². The lowest BCUT2D eigenvalue weighted by atomic mass is 9.90. The number of carbonyl (C=O) groups excluding carboxylic acids is 1. The van der Waals surface area contributed by atoms with Gasteiger partial charge in [0, 0.05) is 62.8 Å². The number of carbonyl (C=O) groups is 1. The fourth-order valence-electron chi connectivity index (χ4n) is 5.65. The van der Waals surface area contributed by atoms with Crippen molar-refractivity contribution < 1.29 is 4.79 Å². The maximum Gasteiger partial charge on any atom is 0.253 e. The Balaban J connectivity index is 1.47. The molecule has 0 unspecified atom stereocenters. The maximum absolute atomic E-state index is 13.5. The van der Waals surface area contributed by atoms with E-state index in [1.807, 2.05) is 41.3 Å². The van der Waals surface area contributed by atoms with Crippen molar-refractivity contribution in [3.05, 3.63) is 77.6 Å². The first-order chi connectivity index (χ1) is 19.0. The van der Waals surface area contributed by atoms with E-state index in [0.717, 1.165) is 99.6 Å². The molecule has 3 heterocycles. The Bertz CT molecular complexity index is 1330. The number of benzene rings is 2. The third-order valence-electron chi connectivity index (χ3n) is 7.98. The van der Waals surface area contributed by atoms with Crippen LogP contribution in [0.2, 0.25) is 0 Å². The summed E-state index contributed by atoms with van der Waals surface area (Å²) in [6.45, 7) is 8.54. The van der Waals surface area contributed by atoms with E-state index < -0.39 is 0 Å². The van der Waals surface area contributed by atoms with Crippen molar-refractivity contribution in [3.8, 4) is 28.3 Å². The molecule has 7 nitrogen and oxygen atoms in total. The molecule has 0 spiro atoms. The molecule has 0 bridgehead atoms. The molecule has 202 valence electrons. The van der Waals surface area contributed by atoms with Gasteiger partial charge in [-0.05, 0) is 99.2 Å². The van der Waals surface area contributed by atoms with E-state index in [2.05, 4.69) is 52.0 Å². The number of aromatic nitrogens is 1. The molecule has 2 fully saturated rings. The number of hydrogen-bond acceptors (Lipinski definition) is 6. The zero-order valence-electron chi connectivity index (χ0n) is 23.1. The van der Waals surface area contributed by atoms with Crippen LogP contribution >= 0.6 is 0 Å². The molecule has 2 aromatic carbocycles. The fourth-order valence-corrected chi connectivity index (χ4v) is 5.65. The highest BCUT2D eigenvalue weighted by Gasteiger charge is 2.21. The minimum Gasteiger partial charge on any atom is -0.337 e. The van der Waals surface area contributed by atoms with Gasteiger partial charge in [-0.15, -0.1) is 0 Å². The van der Waals surface area contributed by atoms with Gasteiger partial charge >= 0.3 is 0 Å². The van der Waals surface area contributed by atoms with E-state index >= 15 is 0 Å². The quantitative estimate of drug-likeness (QED) is 0.500. The number of amides is 1. The number of nitrogens with zero attached hydrogens (tertiary/aromatic N) is 6. The second-order valence-corrected chi connectivity index (χ2v) is 10.9. The highest BCUT2D eigenvalue weighted by molar-refractivity contribution is 5.98. The summed E-state index contributed by atoms with van der Waals surface area (Å²) in [5, 5.41) is 10.2. The van der Waals surface area contributed by atoms with Gasteiger partial charge in [-0.1, -0.05) is 18.2 Å². The summed E-state index contributed by atoms with van der Waals surface area (Å²) >= 11 is 0. The van der Waals surface area contributed by atoms with Crippen LogP contribution in [0, 0.1) is 11.3 Å². The first-order valence-electron chi connectivity index (χ1n) is 14.0. The van der Waals surface area contributed by atoms with Gasteiger partial charge in [0.25, 0.3) is 5.91 Å². The first kappa shape index (κ1) is 27.0. The van der Waals surface area contributed by atoms with Gasteiger partial charge in [0.1, 0.15) is 0 Å². The van der Waals surface area contributed by atoms with Crippen molar-refractivity contribution in [2.45, 2.75) is 19.4 Å². The molecular weight excluding hydrogens is 484 g/mol. The van der Waals surface area contributed by atoms with Crippen molar-refractivity contribution >= 4 is 5.91 Å². The number of likely N-dealkylation sites (N-methyl/N-ethyl adjacent to an activating group) is 2. The largest absolute Gasteiger partial charge is 0.337 e. The Labute approximate surface area is 232 Å². The zero-order valence-corrected chi connectivity index (χ0v) is 23.1. The molecule has 2 saturated heterocycles. The minimum atomic E-state index is 0.0612. The molecule has 39 heavy (non-hydrogen) atoms. The lowest BCUT2D eigenvalue weighted by molar-refractivity contribution is 0.0763. The van der Waals surface area contributed by atoms with E-state index in [1.54, 1.807) is 12.4 Å². The van der Waals surface area contributed by atoms with Crippen molar-refractivity contribution in [1.82, 2.24) is 24.6 Å². The Hall–Kier alpha value is -3.57. The Morgan fingerprint density at radius 1 is 0.795 bits per heavy atom. The summed E-state index contributed by atoms with van der Waals surface area (Å²) in [5.74, 6) is 0.0612. The van der Waals surface area contributed by atoms with Gasteiger partial charge in [0.15, 0.2) is 0 Å². The molecule has 0 saturated carbocycles. The predicted molar refractivity (Wildman–Crippen MR) is 155 cm³/mol. The predicted octanol–water partition coefficient (Wildman–Crippen LogP) is 4.20. The van der Waals surface area contributed by atoms with Gasteiger partial charge in [0.05, 0.1) is 11.6 Å². The van der Waals surface area contributed by atoms with Crippen LogP contribution in [0.15, 0.2) is 60.9 Å². The molecule has 2 aliphatic heterocycles. The summed E-state index contributed by atoms with van der Waals surface area (Å²) in [7, 11) is 4.28. The van der Waals surface area contributed by atoms with Crippen LogP contribution in [0.25, 0.3) is 22.3 Å². The number of rotatable bonds is 5. The van der Waals surface area contributed by atoms with Crippen LogP contribution in [-0.2, 0) is 6.54 Å². The first-order valence-corrected chi connectivity index (χ1v) is 14.0. The van der Waals surface area contributed by atoms with Crippen LogP contribution in [0.3, 0.4) is 0 Å². The van der Waals surface area contributed by atoms with E-state index in [1.165, 1.54) is 0 Å². The lowest BCUT2D eigenvalue weighted by Gasteiger charge is -2.22. The topological polar surface area (TPSA) is 66.7 Å². The second-order valence-electron chi connectivity index (χ2n) is 10.9. The van der Waals surface area contributed by atoms with Crippen LogP contribution in [0.5, 0.6) is 0 Å². The van der Waals surface area contributed by atoms with E-state index in [9.17, 15) is 10.1 Å². The third-order valence-corrected chi connectivity index (χ3v) is 7.98. The smallest absolute Gasteiger partial charge is 0.253 e. The molecule has 2 aliphatic rings. The molecule has 1 aromatic heterocycles. The van der Waals surface area contributed by atoms with Crippen LogP contribution in [0.1, 0.15) is 34.3 Å². The highest BCUT2D eigenvalue weighted by Crippen LogP contribution is 2.35. The van der Waals surface area contributed by atoms with Crippen LogP contribution in [-0.4, -0.2) is 96.9 Å². The number of nitriles is 1.